The molecule has 20 heavy (non-hydrogen) atoms. The smallest absolute Gasteiger partial charge is 0.146 e. The summed E-state index contributed by atoms with van der Waals surface area (Å²) in [6.07, 6.45) is 2.74. The van der Waals surface area contributed by atoms with Gasteiger partial charge in [-0.25, -0.2) is 4.39 Å². The summed E-state index contributed by atoms with van der Waals surface area (Å²) in [6.45, 7) is 5.88. The Bertz CT molecular complexity index is 551. The van der Waals surface area contributed by atoms with Gasteiger partial charge in [-0.15, -0.1) is 0 Å². The van der Waals surface area contributed by atoms with Crippen LogP contribution in [-0.4, -0.2) is 6.54 Å². The lowest BCUT2D eigenvalue weighted by atomic mass is 10.2. The highest BCUT2D eigenvalue weighted by molar-refractivity contribution is 5.28. The van der Waals surface area contributed by atoms with Gasteiger partial charge in [0, 0.05) is 18.2 Å². The van der Waals surface area contributed by atoms with Gasteiger partial charge in [-0.2, -0.15) is 0 Å². The molecule has 1 aromatic heterocycles. The number of halogens is 1. The van der Waals surface area contributed by atoms with Gasteiger partial charge < -0.3 is 14.5 Å². The average Bonchev–Trinajstić information content (AvgIpc) is 2.88. The number of ether oxygens (including phenoxy) is 1. The molecule has 0 aliphatic rings. The summed E-state index contributed by atoms with van der Waals surface area (Å²) in [5, 5.41) is 3.32. The van der Waals surface area contributed by atoms with E-state index < -0.39 is 0 Å². The van der Waals surface area contributed by atoms with Crippen molar-refractivity contribution in [2.75, 3.05) is 6.54 Å². The minimum atomic E-state index is -0.258. The predicted molar refractivity (Wildman–Crippen MR) is 76.2 cm³/mol. The van der Waals surface area contributed by atoms with Crippen LogP contribution in [-0.2, 0) is 13.2 Å². The van der Waals surface area contributed by atoms with Gasteiger partial charge in [-0.3, -0.25) is 0 Å². The highest BCUT2D eigenvalue weighted by Crippen LogP contribution is 2.19. The topological polar surface area (TPSA) is 34.4 Å². The van der Waals surface area contributed by atoms with E-state index in [9.17, 15) is 4.39 Å². The van der Waals surface area contributed by atoms with E-state index in [2.05, 4.69) is 12.2 Å². The highest BCUT2D eigenvalue weighted by atomic mass is 19.1. The summed E-state index contributed by atoms with van der Waals surface area (Å²) in [5.41, 5.74) is 1.69. The van der Waals surface area contributed by atoms with Crippen LogP contribution < -0.4 is 10.1 Å². The summed E-state index contributed by atoms with van der Waals surface area (Å²) in [6, 6.07) is 6.79. The van der Waals surface area contributed by atoms with Crippen LogP contribution in [0.4, 0.5) is 4.39 Å². The van der Waals surface area contributed by atoms with Crippen molar-refractivity contribution in [3.05, 3.63) is 53.2 Å². The van der Waals surface area contributed by atoms with Crippen molar-refractivity contribution in [2.45, 2.75) is 33.4 Å². The van der Waals surface area contributed by atoms with Crippen LogP contribution in [0.5, 0.6) is 5.75 Å². The average molecular weight is 277 g/mol. The summed E-state index contributed by atoms with van der Waals surface area (Å²) < 4.78 is 24.4. The Morgan fingerprint density at radius 2 is 2.15 bits per heavy atom. The van der Waals surface area contributed by atoms with E-state index in [0.717, 1.165) is 30.8 Å². The maximum absolute atomic E-state index is 13.4. The molecule has 0 radical (unpaired) electrons. The minimum absolute atomic E-state index is 0.258. The first-order chi connectivity index (χ1) is 9.70. The number of furan rings is 1. The van der Waals surface area contributed by atoms with Gasteiger partial charge >= 0.3 is 0 Å². The van der Waals surface area contributed by atoms with Gasteiger partial charge in [-0.05, 0) is 37.6 Å². The number of hydrogen-bond acceptors (Lipinski definition) is 3. The van der Waals surface area contributed by atoms with E-state index in [0.29, 0.717) is 17.9 Å². The minimum Gasteiger partial charge on any atom is -0.486 e. The van der Waals surface area contributed by atoms with E-state index in [1.807, 2.05) is 6.07 Å². The van der Waals surface area contributed by atoms with Crippen molar-refractivity contribution in [3.8, 4) is 5.75 Å². The van der Waals surface area contributed by atoms with Crippen LogP contribution >= 0.6 is 0 Å². The fraction of sp³-hybridized carbons (Fsp3) is 0.375. The third-order valence-corrected chi connectivity index (χ3v) is 3.09. The molecule has 0 unspecified atom stereocenters. The first-order valence-electron chi connectivity index (χ1n) is 6.85. The van der Waals surface area contributed by atoms with E-state index in [-0.39, 0.29) is 5.82 Å². The van der Waals surface area contributed by atoms with Crippen LogP contribution in [0.3, 0.4) is 0 Å². The molecule has 0 spiro atoms. The molecule has 0 fully saturated rings. The Morgan fingerprint density at radius 3 is 2.90 bits per heavy atom. The van der Waals surface area contributed by atoms with Crippen LogP contribution in [0.15, 0.2) is 34.9 Å². The molecule has 2 rings (SSSR count). The Morgan fingerprint density at radius 1 is 1.30 bits per heavy atom. The van der Waals surface area contributed by atoms with Gasteiger partial charge in [0.25, 0.3) is 0 Å². The predicted octanol–water partition coefficient (Wildman–Crippen LogP) is 3.81. The lowest BCUT2D eigenvalue weighted by Crippen LogP contribution is -2.14. The number of aryl methyl sites for hydroxylation is 1. The van der Waals surface area contributed by atoms with Crippen molar-refractivity contribution < 1.29 is 13.5 Å². The van der Waals surface area contributed by atoms with Crippen molar-refractivity contribution in [2.24, 2.45) is 0 Å². The molecule has 0 amide bonds. The number of rotatable bonds is 7. The third kappa shape index (κ3) is 3.84. The second kappa shape index (κ2) is 7.10. The summed E-state index contributed by atoms with van der Waals surface area (Å²) in [7, 11) is 0. The van der Waals surface area contributed by atoms with Crippen molar-refractivity contribution in [1.29, 1.82) is 0 Å². The monoisotopic (exact) mass is 277 g/mol. The maximum Gasteiger partial charge on any atom is 0.146 e. The van der Waals surface area contributed by atoms with Gasteiger partial charge in [0.15, 0.2) is 0 Å². The molecule has 0 atom stereocenters. The molecular weight excluding hydrogens is 257 g/mol. The van der Waals surface area contributed by atoms with E-state index in [4.69, 9.17) is 9.15 Å². The van der Waals surface area contributed by atoms with E-state index >= 15 is 0 Å². The lowest BCUT2D eigenvalue weighted by Gasteiger charge is -2.07. The Labute approximate surface area is 118 Å². The summed E-state index contributed by atoms with van der Waals surface area (Å²) in [5.74, 6) is 1.03. The fourth-order valence-corrected chi connectivity index (χ4v) is 1.86. The zero-order chi connectivity index (χ0) is 14.4. The molecule has 0 bridgehead atoms. The van der Waals surface area contributed by atoms with Crippen molar-refractivity contribution >= 4 is 0 Å². The second-order valence-corrected chi connectivity index (χ2v) is 4.75. The molecule has 0 saturated carbocycles. The molecule has 1 N–H and O–H groups in total. The Hall–Kier alpha value is -1.81. The van der Waals surface area contributed by atoms with Crippen LogP contribution in [0, 0.1) is 12.7 Å². The Balaban J connectivity index is 1.93. The molecule has 2 aromatic rings. The van der Waals surface area contributed by atoms with Crippen LogP contribution in [0.1, 0.15) is 30.2 Å². The zero-order valence-electron chi connectivity index (χ0n) is 11.9. The fourth-order valence-electron chi connectivity index (χ4n) is 1.86. The van der Waals surface area contributed by atoms with Gasteiger partial charge in [0.05, 0.1) is 6.26 Å². The first-order valence-corrected chi connectivity index (χ1v) is 6.85. The molecule has 0 saturated heterocycles. The van der Waals surface area contributed by atoms with Crippen molar-refractivity contribution in [1.82, 2.24) is 5.32 Å². The number of benzene rings is 1. The Kier molecular flexibility index (Phi) is 5.18. The lowest BCUT2D eigenvalue weighted by molar-refractivity contribution is 0.267. The van der Waals surface area contributed by atoms with E-state index in [1.165, 1.54) is 6.07 Å². The molecule has 4 heteroatoms. The van der Waals surface area contributed by atoms with Crippen LogP contribution in [0.25, 0.3) is 0 Å². The second-order valence-electron chi connectivity index (χ2n) is 4.75. The standard InChI is InChI=1S/C16H20FNO2/c1-3-7-18-10-13-6-8-19-16(13)11-20-14-5-4-12(2)15(17)9-14/h4-6,8-9,18H,3,7,10-11H2,1-2H3. The van der Waals surface area contributed by atoms with E-state index in [1.54, 1.807) is 25.3 Å². The zero-order valence-corrected chi connectivity index (χ0v) is 11.9. The quantitative estimate of drug-likeness (QED) is 0.782. The van der Waals surface area contributed by atoms with Gasteiger partial charge in [-0.1, -0.05) is 13.0 Å². The molecule has 3 nitrogen and oxygen atoms in total. The van der Waals surface area contributed by atoms with Crippen molar-refractivity contribution in [3.63, 3.8) is 0 Å². The normalized spacial score (nSPS) is 10.8. The number of hydrogen-bond donors (Lipinski definition) is 1. The summed E-state index contributed by atoms with van der Waals surface area (Å²) >= 11 is 0. The maximum atomic E-state index is 13.4. The summed E-state index contributed by atoms with van der Waals surface area (Å²) in [4.78, 5) is 0. The van der Waals surface area contributed by atoms with Gasteiger partial charge in [0.2, 0.25) is 0 Å². The molecule has 0 aliphatic carbocycles. The first kappa shape index (κ1) is 14.6. The molecule has 0 aliphatic heterocycles. The molecular formula is C16H20FNO2. The molecule has 1 heterocycles. The van der Waals surface area contributed by atoms with Crippen LogP contribution in [0.2, 0.25) is 0 Å². The highest BCUT2D eigenvalue weighted by Gasteiger charge is 2.07. The SMILES string of the molecule is CCCNCc1ccoc1COc1ccc(C)c(F)c1. The largest absolute Gasteiger partial charge is 0.486 e. The molecule has 108 valence electrons. The third-order valence-electron chi connectivity index (χ3n) is 3.09. The van der Waals surface area contributed by atoms with Gasteiger partial charge in [0.1, 0.15) is 23.9 Å². The molecule has 1 aromatic carbocycles. The number of nitrogens with one attached hydrogen (secondary N) is 1.